The number of nitrogens with zero attached hydrogens (tertiary/aromatic N) is 5. The summed E-state index contributed by atoms with van der Waals surface area (Å²) in [5, 5.41) is 10.2. The topological polar surface area (TPSA) is 74.1 Å². The molecule has 26 heavy (non-hydrogen) atoms. The maximum absolute atomic E-state index is 4.38. The van der Waals surface area contributed by atoms with Gasteiger partial charge in [-0.3, -0.25) is 10.1 Å². The van der Waals surface area contributed by atoms with E-state index >= 15 is 0 Å². The van der Waals surface area contributed by atoms with Crippen LogP contribution in [-0.4, -0.2) is 44.7 Å². The molecule has 2 N–H and O–H groups in total. The highest BCUT2D eigenvalue weighted by atomic mass is 127. The third-order valence-electron chi connectivity index (χ3n) is 4.09. The Hall–Kier alpha value is -2.36. The lowest BCUT2D eigenvalue weighted by Crippen LogP contribution is -2.38. The number of hydrogen-bond donors (Lipinski definition) is 2. The Balaban J connectivity index is 0.00000243. The van der Waals surface area contributed by atoms with Crippen LogP contribution in [0.1, 0.15) is 11.3 Å². The highest BCUT2D eigenvalue weighted by molar-refractivity contribution is 14.0. The monoisotopic (exact) mass is 465 g/mol. The van der Waals surface area contributed by atoms with E-state index in [0.717, 1.165) is 29.5 Å². The number of H-pyrrole nitrogens is 1. The zero-order valence-electron chi connectivity index (χ0n) is 15.2. The number of nitrogens with one attached hydrogen (secondary N) is 2. The number of halogens is 1. The van der Waals surface area contributed by atoms with Crippen LogP contribution in [0.25, 0.3) is 11.4 Å². The quantitative estimate of drug-likeness (QED) is 0.345. The summed E-state index contributed by atoms with van der Waals surface area (Å²) < 4.78 is 2.12. The Bertz CT molecular complexity index is 839. The fraction of sp³-hybridized carbons (Fsp3) is 0.278. The van der Waals surface area contributed by atoms with E-state index in [2.05, 4.69) is 53.2 Å². The molecule has 0 atom stereocenters. The summed E-state index contributed by atoms with van der Waals surface area (Å²) in [5.41, 5.74) is 3.41. The smallest absolute Gasteiger partial charge is 0.194 e. The van der Waals surface area contributed by atoms with Crippen LogP contribution < -0.4 is 5.32 Å². The number of aliphatic imine (C=N–C) groups is 1. The van der Waals surface area contributed by atoms with Crippen LogP contribution in [0, 0.1) is 0 Å². The number of aromatic amines is 1. The molecule has 0 aliphatic heterocycles. The molecule has 7 nitrogen and oxygen atoms in total. The van der Waals surface area contributed by atoms with E-state index in [1.807, 2.05) is 38.5 Å². The van der Waals surface area contributed by atoms with Crippen LogP contribution in [0.2, 0.25) is 0 Å². The van der Waals surface area contributed by atoms with Crippen LogP contribution in [0.5, 0.6) is 0 Å². The minimum atomic E-state index is 0. The lowest BCUT2D eigenvalue weighted by Gasteiger charge is -2.22. The van der Waals surface area contributed by atoms with E-state index < -0.39 is 0 Å². The summed E-state index contributed by atoms with van der Waals surface area (Å²) in [6, 6.07) is 12.4. The summed E-state index contributed by atoms with van der Waals surface area (Å²) in [4.78, 5) is 10.7. The van der Waals surface area contributed by atoms with Crippen molar-refractivity contribution in [2.24, 2.45) is 12.0 Å². The van der Waals surface area contributed by atoms with Gasteiger partial charge in [-0.1, -0.05) is 18.2 Å². The highest BCUT2D eigenvalue weighted by Crippen LogP contribution is 2.15. The van der Waals surface area contributed by atoms with Crippen LogP contribution in [-0.2, 0) is 20.1 Å². The summed E-state index contributed by atoms with van der Waals surface area (Å²) in [7, 11) is 5.89. The Morgan fingerprint density at radius 1 is 1.31 bits per heavy atom. The minimum absolute atomic E-state index is 0. The average Bonchev–Trinajstić information content (AvgIpc) is 3.28. The van der Waals surface area contributed by atoms with Gasteiger partial charge in [-0.25, -0.2) is 4.98 Å². The van der Waals surface area contributed by atoms with E-state index in [4.69, 9.17) is 0 Å². The minimum Gasteiger partial charge on any atom is -0.353 e. The Labute approximate surface area is 170 Å². The second-order valence-electron chi connectivity index (χ2n) is 5.90. The number of aryl methyl sites for hydroxylation is 1. The van der Waals surface area contributed by atoms with E-state index in [9.17, 15) is 0 Å². The first kappa shape index (κ1) is 20.0. The normalized spacial score (nSPS) is 11.1. The summed E-state index contributed by atoms with van der Waals surface area (Å²) in [6.07, 6.45) is 3.56. The van der Waals surface area contributed by atoms with Gasteiger partial charge < -0.3 is 14.8 Å². The molecule has 0 aliphatic carbocycles. The van der Waals surface area contributed by atoms with Gasteiger partial charge in [0, 0.05) is 45.1 Å². The van der Waals surface area contributed by atoms with Crippen molar-refractivity contribution in [3.63, 3.8) is 0 Å². The summed E-state index contributed by atoms with van der Waals surface area (Å²) >= 11 is 0. The predicted octanol–water partition coefficient (Wildman–Crippen LogP) is 2.64. The predicted molar refractivity (Wildman–Crippen MR) is 114 cm³/mol. The van der Waals surface area contributed by atoms with Gasteiger partial charge in [0.15, 0.2) is 11.8 Å². The van der Waals surface area contributed by atoms with Gasteiger partial charge in [0.05, 0.1) is 6.54 Å². The molecule has 3 aromatic rings. The maximum Gasteiger partial charge on any atom is 0.194 e. The lowest BCUT2D eigenvalue weighted by atomic mass is 10.1. The second-order valence-corrected chi connectivity index (χ2v) is 5.90. The third-order valence-corrected chi connectivity index (χ3v) is 4.09. The molecule has 138 valence electrons. The van der Waals surface area contributed by atoms with Gasteiger partial charge in [-0.15, -0.1) is 24.0 Å². The fourth-order valence-electron chi connectivity index (χ4n) is 2.72. The van der Waals surface area contributed by atoms with E-state index in [1.54, 1.807) is 7.05 Å². The average molecular weight is 465 g/mol. The van der Waals surface area contributed by atoms with Crippen molar-refractivity contribution in [1.82, 2.24) is 30.0 Å². The summed E-state index contributed by atoms with van der Waals surface area (Å²) in [5.74, 6) is 1.62. The summed E-state index contributed by atoms with van der Waals surface area (Å²) in [6.45, 7) is 1.48. The van der Waals surface area contributed by atoms with Crippen molar-refractivity contribution in [3.8, 4) is 11.4 Å². The molecule has 1 aromatic carbocycles. The van der Waals surface area contributed by atoms with Crippen molar-refractivity contribution in [2.75, 3.05) is 14.1 Å². The molecule has 0 spiro atoms. The molecule has 0 fully saturated rings. The van der Waals surface area contributed by atoms with Crippen LogP contribution in [0.4, 0.5) is 0 Å². The lowest BCUT2D eigenvalue weighted by molar-refractivity contribution is 0.461. The Kier molecular flexibility index (Phi) is 7.19. The molecule has 0 amide bonds. The van der Waals surface area contributed by atoms with Crippen LogP contribution >= 0.6 is 24.0 Å². The number of aromatic nitrogens is 4. The number of hydrogen-bond acceptors (Lipinski definition) is 3. The van der Waals surface area contributed by atoms with Gasteiger partial charge in [-0.2, -0.15) is 5.10 Å². The Morgan fingerprint density at radius 3 is 2.81 bits per heavy atom. The molecular formula is C18H24IN7. The van der Waals surface area contributed by atoms with Crippen molar-refractivity contribution >= 4 is 29.9 Å². The molecule has 0 saturated heterocycles. The molecule has 2 aromatic heterocycles. The maximum atomic E-state index is 4.38. The zero-order valence-corrected chi connectivity index (χ0v) is 17.5. The van der Waals surface area contributed by atoms with E-state index in [0.29, 0.717) is 6.54 Å². The number of rotatable bonds is 5. The van der Waals surface area contributed by atoms with Crippen LogP contribution in [0.15, 0.2) is 53.9 Å². The van der Waals surface area contributed by atoms with Gasteiger partial charge in [0.1, 0.15) is 6.33 Å². The van der Waals surface area contributed by atoms with Crippen molar-refractivity contribution in [2.45, 2.75) is 13.1 Å². The third kappa shape index (κ3) is 4.84. The van der Waals surface area contributed by atoms with E-state index in [1.165, 1.54) is 12.0 Å². The van der Waals surface area contributed by atoms with Crippen LogP contribution in [0.3, 0.4) is 0 Å². The molecule has 0 aliphatic rings. The largest absolute Gasteiger partial charge is 0.353 e. The standard InChI is InChI=1S/C18H23N7.HI/c1-19-18(25(3)12-16-8-5-9-24(16)2)20-11-14-6-4-7-15(10-14)17-21-13-22-23-17;/h4-10,13H,11-12H2,1-3H3,(H,19,20)(H,21,22,23);1H. The van der Waals surface area contributed by atoms with Crippen molar-refractivity contribution in [1.29, 1.82) is 0 Å². The molecule has 0 radical (unpaired) electrons. The first-order valence-electron chi connectivity index (χ1n) is 8.14. The fourth-order valence-corrected chi connectivity index (χ4v) is 2.72. The molecule has 0 bridgehead atoms. The molecule has 2 heterocycles. The van der Waals surface area contributed by atoms with Crippen molar-refractivity contribution in [3.05, 3.63) is 60.2 Å². The van der Waals surface area contributed by atoms with E-state index in [-0.39, 0.29) is 24.0 Å². The zero-order chi connectivity index (χ0) is 17.6. The molecule has 0 unspecified atom stereocenters. The van der Waals surface area contributed by atoms with Gasteiger partial charge in [0.2, 0.25) is 0 Å². The molecule has 8 heteroatoms. The first-order chi connectivity index (χ1) is 12.2. The molecule has 3 rings (SSSR count). The van der Waals surface area contributed by atoms with Crippen molar-refractivity contribution < 1.29 is 0 Å². The molecule has 0 saturated carbocycles. The molecular weight excluding hydrogens is 441 g/mol. The van der Waals surface area contributed by atoms with Gasteiger partial charge in [-0.05, 0) is 23.8 Å². The highest BCUT2D eigenvalue weighted by Gasteiger charge is 2.09. The van der Waals surface area contributed by atoms with Gasteiger partial charge >= 0.3 is 0 Å². The number of guanidine groups is 1. The number of benzene rings is 1. The van der Waals surface area contributed by atoms with Gasteiger partial charge in [0.25, 0.3) is 0 Å². The Morgan fingerprint density at radius 2 is 2.15 bits per heavy atom. The first-order valence-corrected chi connectivity index (χ1v) is 8.14. The SMILES string of the molecule is CN=C(NCc1cccc(-c2ncn[nH]2)c1)N(C)Cc1cccn1C.I. The second kappa shape index (κ2) is 9.37.